The summed E-state index contributed by atoms with van der Waals surface area (Å²) in [6.07, 6.45) is 1.79. The summed E-state index contributed by atoms with van der Waals surface area (Å²) in [4.78, 5) is 11.9. The van der Waals surface area contributed by atoms with Crippen LogP contribution in [0, 0.1) is 5.92 Å². The lowest BCUT2D eigenvalue weighted by molar-refractivity contribution is 0.280. The van der Waals surface area contributed by atoms with Crippen molar-refractivity contribution in [2.75, 3.05) is 20.2 Å². The average Bonchev–Trinajstić information content (AvgIpc) is 2.53. The zero-order valence-corrected chi connectivity index (χ0v) is 13.9. The number of sulfonamides is 1. The van der Waals surface area contributed by atoms with Crippen LogP contribution in [-0.2, 0) is 10.0 Å². The van der Waals surface area contributed by atoms with Gasteiger partial charge in [-0.3, -0.25) is 0 Å². The van der Waals surface area contributed by atoms with E-state index in [4.69, 9.17) is 9.15 Å². The van der Waals surface area contributed by atoms with Crippen LogP contribution in [0.3, 0.4) is 0 Å². The Bertz CT molecular complexity index is 887. The molecule has 6 nitrogen and oxygen atoms in total. The average molecular weight is 337 g/mol. The van der Waals surface area contributed by atoms with Gasteiger partial charge >= 0.3 is 5.63 Å². The molecule has 0 saturated carbocycles. The summed E-state index contributed by atoms with van der Waals surface area (Å²) < 4.78 is 37.3. The lowest BCUT2D eigenvalue weighted by Crippen LogP contribution is -2.40. The second-order valence-electron chi connectivity index (χ2n) is 5.89. The fraction of sp³-hybridized carbons (Fsp3) is 0.438. The highest BCUT2D eigenvalue weighted by atomic mass is 32.2. The maximum Gasteiger partial charge on any atom is 0.356 e. The van der Waals surface area contributed by atoms with E-state index in [0.29, 0.717) is 24.2 Å². The maximum absolute atomic E-state index is 12.8. The van der Waals surface area contributed by atoms with Crippen molar-refractivity contribution < 1.29 is 17.6 Å². The highest BCUT2D eigenvalue weighted by Gasteiger charge is 2.31. The molecule has 1 fully saturated rings. The molecule has 0 spiro atoms. The third-order valence-electron chi connectivity index (χ3n) is 4.15. The van der Waals surface area contributed by atoms with Gasteiger partial charge in [0.1, 0.15) is 0 Å². The van der Waals surface area contributed by atoms with Crippen LogP contribution in [0.2, 0.25) is 0 Å². The Hall–Kier alpha value is -1.86. The minimum atomic E-state index is -3.85. The van der Waals surface area contributed by atoms with Gasteiger partial charge in [0, 0.05) is 18.5 Å². The zero-order valence-electron chi connectivity index (χ0n) is 13.1. The molecule has 0 amide bonds. The van der Waals surface area contributed by atoms with E-state index in [9.17, 15) is 13.2 Å². The Balaban J connectivity index is 2.12. The Kier molecular flexibility index (Phi) is 4.16. The summed E-state index contributed by atoms with van der Waals surface area (Å²) in [6.45, 7) is 2.87. The predicted molar refractivity (Wildman–Crippen MR) is 86.2 cm³/mol. The summed E-state index contributed by atoms with van der Waals surface area (Å²) in [5.41, 5.74) is -0.605. The van der Waals surface area contributed by atoms with Crippen molar-refractivity contribution in [3.8, 4) is 5.75 Å². The van der Waals surface area contributed by atoms with E-state index in [0.717, 1.165) is 12.8 Å². The molecule has 2 aromatic rings. The first-order valence-corrected chi connectivity index (χ1v) is 8.98. The van der Waals surface area contributed by atoms with Gasteiger partial charge in [0.15, 0.2) is 16.2 Å². The zero-order chi connectivity index (χ0) is 16.6. The molecule has 0 unspecified atom stereocenters. The number of hydrogen-bond acceptors (Lipinski definition) is 5. The van der Waals surface area contributed by atoms with Crippen molar-refractivity contribution in [2.45, 2.75) is 24.7 Å². The topological polar surface area (TPSA) is 76.8 Å². The fourth-order valence-electron chi connectivity index (χ4n) is 2.94. The Morgan fingerprint density at radius 1 is 1.35 bits per heavy atom. The number of rotatable bonds is 3. The van der Waals surface area contributed by atoms with Gasteiger partial charge in [-0.15, -0.1) is 0 Å². The largest absolute Gasteiger partial charge is 0.493 e. The molecule has 2 heterocycles. The number of hydrogen-bond donors (Lipinski definition) is 0. The smallest absolute Gasteiger partial charge is 0.356 e. The van der Waals surface area contributed by atoms with Crippen LogP contribution in [0.5, 0.6) is 5.75 Å². The molecule has 1 saturated heterocycles. The summed E-state index contributed by atoms with van der Waals surface area (Å²) in [6, 6.07) is 6.45. The number of piperidine rings is 1. The molecule has 3 rings (SSSR count). The van der Waals surface area contributed by atoms with Crippen molar-refractivity contribution in [2.24, 2.45) is 5.92 Å². The molecular formula is C16H19NO5S. The van der Waals surface area contributed by atoms with E-state index in [1.807, 2.05) is 6.92 Å². The number of para-hydroxylation sites is 1. The first-order chi connectivity index (χ1) is 10.9. The molecule has 7 heteroatoms. The van der Waals surface area contributed by atoms with Crippen LogP contribution in [0.15, 0.2) is 38.4 Å². The Morgan fingerprint density at radius 3 is 2.83 bits per heavy atom. The van der Waals surface area contributed by atoms with E-state index in [2.05, 4.69) is 0 Å². The van der Waals surface area contributed by atoms with Gasteiger partial charge in [0.2, 0.25) is 10.0 Å². The van der Waals surface area contributed by atoms with Gasteiger partial charge in [0.05, 0.1) is 7.11 Å². The molecule has 1 aromatic heterocycles. The van der Waals surface area contributed by atoms with E-state index in [-0.39, 0.29) is 16.4 Å². The molecule has 1 aliphatic rings. The predicted octanol–water partition coefficient (Wildman–Crippen LogP) is 2.22. The van der Waals surface area contributed by atoms with E-state index >= 15 is 0 Å². The van der Waals surface area contributed by atoms with Gasteiger partial charge in [-0.1, -0.05) is 19.1 Å². The lowest BCUT2D eigenvalue weighted by Gasteiger charge is -2.29. The van der Waals surface area contributed by atoms with Crippen LogP contribution in [-0.4, -0.2) is 32.9 Å². The Morgan fingerprint density at radius 2 is 2.13 bits per heavy atom. The summed E-state index contributed by atoms with van der Waals surface area (Å²) in [5, 5.41) is 0.521. The molecular weight excluding hydrogens is 318 g/mol. The number of fused-ring (bicyclic) bond motifs is 1. The number of benzene rings is 1. The minimum absolute atomic E-state index is 0.256. The standard InChI is InChI=1S/C16H19NO5S/c1-11-5-4-8-17(10-11)23(19,20)14-9-12-6-3-7-13(21-2)15(12)22-16(14)18/h3,6-7,9,11H,4-5,8,10H2,1-2H3/t11-/m0/s1. The third-order valence-corrected chi connectivity index (χ3v) is 6.00. The second-order valence-corrected chi connectivity index (χ2v) is 7.79. The molecule has 0 radical (unpaired) electrons. The van der Waals surface area contributed by atoms with Crippen molar-refractivity contribution >= 4 is 21.0 Å². The van der Waals surface area contributed by atoms with Crippen molar-refractivity contribution in [1.82, 2.24) is 4.31 Å². The van der Waals surface area contributed by atoms with Gasteiger partial charge in [-0.05, 0) is 30.9 Å². The van der Waals surface area contributed by atoms with E-state index in [1.54, 1.807) is 18.2 Å². The van der Waals surface area contributed by atoms with Crippen molar-refractivity contribution in [3.63, 3.8) is 0 Å². The SMILES string of the molecule is COc1cccc2cc(S(=O)(=O)N3CCC[C@H](C)C3)c(=O)oc12. The van der Waals surface area contributed by atoms with Crippen LogP contribution >= 0.6 is 0 Å². The summed E-state index contributed by atoms with van der Waals surface area (Å²) in [5.74, 6) is 0.682. The maximum atomic E-state index is 12.8. The summed E-state index contributed by atoms with van der Waals surface area (Å²) in [7, 11) is -2.38. The minimum Gasteiger partial charge on any atom is -0.493 e. The van der Waals surface area contributed by atoms with Crippen molar-refractivity contribution in [3.05, 3.63) is 34.7 Å². The molecule has 23 heavy (non-hydrogen) atoms. The molecule has 124 valence electrons. The van der Waals surface area contributed by atoms with E-state index < -0.39 is 15.6 Å². The fourth-order valence-corrected chi connectivity index (χ4v) is 4.57. The molecule has 1 aromatic carbocycles. The van der Waals surface area contributed by atoms with Gasteiger partial charge in [0.25, 0.3) is 0 Å². The molecule has 0 aliphatic carbocycles. The molecule has 0 N–H and O–H groups in total. The quantitative estimate of drug-likeness (QED) is 0.803. The summed E-state index contributed by atoms with van der Waals surface area (Å²) >= 11 is 0. The molecule has 1 aliphatic heterocycles. The third kappa shape index (κ3) is 2.86. The van der Waals surface area contributed by atoms with Gasteiger partial charge in [-0.25, -0.2) is 13.2 Å². The van der Waals surface area contributed by atoms with Crippen LogP contribution < -0.4 is 10.4 Å². The first-order valence-electron chi connectivity index (χ1n) is 7.54. The first kappa shape index (κ1) is 16.0. The van der Waals surface area contributed by atoms with Crippen LogP contribution in [0.4, 0.5) is 0 Å². The van der Waals surface area contributed by atoms with Gasteiger partial charge < -0.3 is 9.15 Å². The van der Waals surface area contributed by atoms with Crippen molar-refractivity contribution in [1.29, 1.82) is 0 Å². The molecule has 0 bridgehead atoms. The number of ether oxygens (including phenoxy) is 1. The molecule has 1 atom stereocenters. The highest BCUT2D eigenvalue weighted by Crippen LogP contribution is 2.27. The van der Waals surface area contributed by atoms with E-state index in [1.165, 1.54) is 17.5 Å². The monoisotopic (exact) mass is 337 g/mol. The number of nitrogens with zero attached hydrogens (tertiary/aromatic N) is 1. The van der Waals surface area contributed by atoms with Gasteiger partial charge in [-0.2, -0.15) is 4.31 Å². The van der Waals surface area contributed by atoms with Crippen LogP contribution in [0.1, 0.15) is 19.8 Å². The second kappa shape index (κ2) is 5.98. The highest BCUT2D eigenvalue weighted by molar-refractivity contribution is 7.89. The normalized spacial score (nSPS) is 19.8. The number of methoxy groups -OCH3 is 1. The van der Waals surface area contributed by atoms with Crippen LogP contribution in [0.25, 0.3) is 11.0 Å². The Labute approximate surface area is 134 Å². The lowest BCUT2D eigenvalue weighted by atomic mass is 10.0.